The number of ether oxygens (including phenoxy) is 1. The molecule has 4 rings (SSSR count). The van der Waals surface area contributed by atoms with Gasteiger partial charge in [0.15, 0.2) is 5.82 Å². The highest BCUT2D eigenvalue weighted by Crippen LogP contribution is 2.31. The fourth-order valence-corrected chi connectivity index (χ4v) is 3.19. The average molecular weight is 316 g/mol. The molecule has 0 spiro atoms. The van der Waals surface area contributed by atoms with E-state index in [-0.39, 0.29) is 24.8 Å². The maximum Gasteiger partial charge on any atom is 0.152 e. The van der Waals surface area contributed by atoms with Gasteiger partial charge in [0.25, 0.3) is 0 Å². The molecule has 1 unspecified atom stereocenters. The van der Waals surface area contributed by atoms with E-state index in [2.05, 4.69) is 9.97 Å². The lowest BCUT2D eigenvalue weighted by Crippen LogP contribution is -2.35. The molecule has 0 amide bonds. The van der Waals surface area contributed by atoms with E-state index < -0.39 is 12.3 Å². The van der Waals surface area contributed by atoms with Gasteiger partial charge in [-0.15, -0.1) is 0 Å². The van der Waals surface area contributed by atoms with Crippen molar-refractivity contribution in [2.75, 3.05) is 18.9 Å². The topological polar surface area (TPSA) is 86.2 Å². The number of imidazole rings is 1. The number of aliphatic hydroxyl groups is 1. The van der Waals surface area contributed by atoms with Crippen LogP contribution in [0.1, 0.15) is 12.2 Å². The Kier molecular flexibility index (Phi) is 3.21. The van der Waals surface area contributed by atoms with Gasteiger partial charge >= 0.3 is 0 Å². The summed E-state index contributed by atoms with van der Waals surface area (Å²) in [5, 5.41) is 11.5. The standard InChI is InChI=1S/C16H17FN4O2/c17-7-12-20-13-14(21(12)8-16(22)5-6-23-9-16)10-3-1-2-4-11(10)19-15(13)18/h1-4,22H,5-9H2,(H2,18,19). The monoisotopic (exact) mass is 316 g/mol. The van der Waals surface area contributed by atoms with Gasteiger partial charge in [-0.3, -0.25) is 0 Å². The van der Waals surface area contributed by atoms with Crippen LogP contribution in [-0.2, 0) is 18.0 Å². The van der Waals surface area contributed by atoms with Crippen molar-refractivity contribution in [3.63, 3.8) is 0 Å². The molecule has 0 radical (unpaired) electrons. The summed E-state index contributed by atoms with van der Waals surface area (Å²) in [4.78, 5) is 8.64. The number of fused-ring (bicyclic) bond motifs is 3. The zero-order valence-corrected chi connectivity index (χ0v) is 12.5. The van der Waals surface area contributed by atoms with Crippen LogP contribution in [-0.4, -0.2) is 38.5 Å². The van der Waals surface area contributed by atoms with Crippen molar-refractivity contribution in [3.8, 4) is 0 Å². The molecule has 0 aliphatic carbocycles. The van der Waals surface area contributed by atoms with Crippen LogP contribution in [0.4, 0.5) is 10.2 Å². The lowest BCUT2D eigenvalue weighted by atomic mass is 10.0. The molecule has 1 fully saturated rings. The highest BCUT2D eigenvalue weighted by Gasteiger charge is 2.34. The number of hydrogen-bond donors (Lipinski definition) is 2. The van der Waals surface area contributed by atoms with E-state index >= 15 is 0 Å². The predicted molar refractivity (Wildman–Crippen MR) is 84.6 cm³/mol. The summed E-state index contributed by atoms with van der Waals surface area (Å²) in [5.41, 5.74) is 6.89. The summed E-state index contributed by atoms with van der Waals surface area (Å²) in [5.74, 6) is 0.506. The van der Waals surface area contributed by atoms with Gasteiger partial charge in [-0.05, 0) is 6.07 Å². The summed E-state index contributed by atoms with van der Waals surface area (Å²) in [6.07, 6.45) is 0.511. The zero-order chi connectivity index (χ0) is 16.0. The first-order valence-electron chi connectivity index (χ1n) is 7.51. The molecule has 23 heavy (non-hydrogen) atoms. The third-order valence-electron chi connectivity index (χ3n) is 4.34. The highest BCUT2D eigenvalue weighted by molar-refractivity contribution is 6.06. The Morgan fingerprint density at radius 1 is 1.35 bits per heavy atom. The van der Waals surface area contributed by atoms with Crippen LogP contribution in [0.15, 0.2) is 24.3 Å². The second-order valence-electron chi connectivity index (χ2n) is 5.99. The number of pyridine rings is 1. The first-order chi connectivity index (χ1) is 11.1. The lowest BCUT2D eigenvalue weighted by Gasteiger charge is -2.22. The minimum absolute atomic E-state index is 0.218. The number of nitrogen functional groups attached to an aromatic ring is 1. The fourth-order valence-electron chi connectivity index (χ4n) is 3.19. The summed E-state index contributed by atoms with van der Waals surface area (Å²) in [6.45, 7) is 0.213. The van der Waals surface area contributed by atoms with E-state index in [4.69, 9.17) is 10.5 Å². The first-order valence-corrected chi connectivity index (χ1v) is 7.51. The van der Waals surface area contributed by atoms with Crippen LogP contribution >= 0.6 is 0 Å². The number of benzene rings is 1. The molecule has 2 aromatic heterocycles. The summed E-state index contributed by atoms with van der Waals surface area (Å²) in [6, 6.07) is 7.51. The quantitative estimate of drug-likeness (QED) is 0.769. The van der Waals surface area contributed by atoms with Gasteiger partial charge in [0.05, 0.1) is 24.2 Å². The number of hydrogen-bond acceptors (Lipinski definition) is 5. The minimum atomic E-state index is -1.02. The summed E-state index contributed by atoms with van der Waals surface area (Å²) < 4.78 is 20.5. The SMILES string of the molecule is Nc1nc2ccccc2c2c1nc(CF)n2CC1(O)CCOC1. The Bertz CT molecular complexity index is 887. The number of para-hydroxylation sites is 1. The average Bonchev–Trinajstić information content (AvgIpc) is 3.13. The summed E-state index contributed by atoms with van der Waals surface area (Å²) >= 11 is 0. The number of nitrogens with zero attached hydrogens (tertiary/aromatic N) is 3. The van der Waals surface area contributed by atoms with Gasteiger partial charge < -0.3 is 20.1 Å². The maximum absolute atomic E-state index is 13.5. The minimum Gasteiger partial charge on any atom is -0.386 e. The van der Waals surface area contributed by atoms with E-state index in [0.29, 0.717) is 24.1 Å². The van der Waals surface area contributed by atoms with Crippen molar-refractivity contribution in [2.45, 2.75) is 25.2 Å². The molecular formula is C16H17FN4O2. The number of alkyl halides is 1. The smallest absolute Gasteiger partial charge is 0.152 e. The van der Waals surface area contributed by atoms with E-state index in [1.165, 1.54) is 0 Å². The zero-order valence-electron chi connectivity index (χ0n) is 12.5. The van der Waals surface area contributed by atoms with Gasteiger partial charge in [0.1, 0.15) is 23.6 Å². The molecular weight excluding hydrogens is 299 g/mol. The number of nitrogens with two attached hydrogens (primary N) is 1. The van der Waals surface area contributed by atoms with Gasteiger partial charge in [-0.25, -0.2) is 14.4 Å². The largest absolute Gasteiger partial charge is 0.386 e. The van der Waals surface area contributed by atoms with Gasteiger partial charge in [-0.1, -0.05) is 18.2 Å². The Morgan fingerprint density at radius 2 is 2.17 bits per heavy atom. The van der Waals surface area contributed by atoms with E-state index in [9.17, 15) is 9.50 Å². The Hall–Kier alpha value is -2.25. The Balaban J connectivity index is 2.00. The van der Waals surface area contributed by atoms with Crippen molar-refractivity contribution in [2.24, 2.45) is 0 Å². The fraction of sp³-hybridized carbons (Fsp3) is 0.375. The molecule has 0 bridgehead atoms. The van der Waals surface area contributed by atoms with Crippen LogP contribution < -0.4 is 5.73 Å². The van der Waals surface area contributed by atoms with Gasteiger partial charge in [-0.2, -0.15) is 0 Å². The van der Waals surface area contributed by atoms with Crippen LogP contribution in [0.25, 0.3) is 21.9 Å². The molecule has 120 valence electrons. The second kappa shape index (κ2) is 5.14. The summed E-state index contributed by atoms with van der Waals surface area (Å²) in [7, 11) is 0. The number of aromatic nitrogens is 3. The Morgan fingerprint density at radius 3 is 2.91 bits per heavy atom. The third kappa shape index (κ3) is 2.24. The molecule has 0 saturated carbocycles. The van der Waals surface area contributed by atoms with Crippen molar-refractivity contribution >= 4 is 27.8 Å². The van der Waals surface area contributed by atoms with Crippen molar-refractivity contribution < 1.29 is 14.2 Å². The second-order valence-corrected chi connectivity index (χ2v) is 5.99. The maximum atomic E-state index is 13.5. The number of anilines is 1. The van der Waals surface area contributed by atoms with Crippen molar-refractivity contribution in [1.82, 2.24) is 14.5 Å². The van der Waals surface area contributed by atoms with Gasteiger partial charge in [0, 0.05) is 18.4 Å². The highest BCUT2D eigenvalue weighted by atomic mass is 19.1. The van der Waals surface area contributed by atoms with Crippen LogP contribution in [0.5, 0.6) is 0 Å². The molecule has 6 nitrogen and oxygen atoms in total. The molecule has 3 aromatic rings. The predicted octanol–water partition coefficient (Wildman–Crippen LogP) is 1.79. The molecule has 1 aliphatic rings. The first kappa shape index (κ1) is 14.3. The molecule has 7 heteroatoms. The molecule has 1 saturated heterocycles. The van der Waals surface area contributed by atoms with E-state index in [1.807, 2.05) is 24.3 Å². The van der Waals surface area contributed by atoms with Crippen LogP contribution in [0.3, 0.4) is 0 Å². The Labute approximate surface area is 131 Å². The molecule has 3 heterocycles. The third-order valence-corrected chi connectivity index (χ3v) is 4.34. The van der Waals surface area contributed by atoms with Crippen molar-refractivity contribution in [3.05, 3.63) is 30.1 Å². The lowest BCUT2D eigenvalue weighted by molar-refractivity contribution is 0.0118. The molecule has 1 aromatic carbocycles. The van der Waals surface area contributed by atoms with E-state index in [0.717, 1.165) is 10.9 Å². The van der Waals surface area contributed by atoms with Crippen molar-refractivity contribution in [1.29, 1.82) is 0 Å². The molecule has 1 atom stereocenters. The van der Waals surface area contributed by atoms with Crippen LogP contribution in [0.2, 0.25) is 0 Å². The normalized spacial score (nSPS) is 21.5. The molecule has 1 aliphatic heterocycles. The number of rotatable bonds is 3. The number of halogens is 1. The molecule has 3 N–H and O–H groups in total. The van der Waals surface area contributed by atoms with Crippen LogP contribution in [0, 0.1) is 0 Å². The van der Waals surface area contributed by atoms with Gasteiger partial charge in [0.2, 0.25) is 0 Å². The van der Waals surface area contributed by atoms with E-state index in [1.54, 1.807) is 4.57 Å².